The molecule has 2 heterocycles. The van der Waals surface area contributed by atoms with Crippen molar-refractivity contribution < 1.29 is 14.1 Å². The molecule has 1 N–H and O–H groups in total. The van der Waals surface area contributed by atoms with Crippen LogP contribution in [0.2, 0.25) is 0 Å². The van der Waals surface area contributed by atoms with Crippen molar-refractivity contribution in [3.05, 3.63) is 47.3 Å². The Bertz CT molecular complexity index is 692. The van der Waals surface area contributed by atoms with Gasteiger partial charge in [0, 0.05) is 12.6 Å². The molecule has 1 fully saturated rings. The Hall–Kier alpha value is -2.34. The van der Waals surface area contributed by atoms with E-state index in [1.807, 2.05) is 18.2 Å². The van der Waals surface area contributed by atoms with E-state index in [1.165, 1.54) is 12.8 Å². The van der Waals surface area contributed by atoms with E-state index in [1.54, 1.807) is 20.1 Å². The first-order valence-corrected chi connectivity index (χ1v) is 8.27. The SMILES string of the molecule is COc1cccc(C(CNC(=O)c2cc(C)on2)N2CCCC2)c1. The number of aryl methyl sites for hydroxylation is 1. The third kappa shape index (κ3) is 3.76. The fraction of sp³-hybridized carbons (Fsp3) is 0.444. The summed E-state index contributed by atoms with van der Waals surface area (Å²) in [6.07, 6.45) is 2.38. The van der Waals surface area contributed by atoms with Crippen LogP contribution in [0.1, 0.15) is 40.7 Å². The molecule has 1 amide bonds. The molecule has 1 saturated heterocycles. The monoisotopic (exact) mass is 329 g/mol. The summed E-state index contributed by atoms with van der Waals surface area (Å²) in [5.41, 5.74) is 1.46. The summed E-state index contributed by atoms with van der Waals surface area (Å²) in [7, 11) is 1.67. The number of ether oxygens (including phenoxy) is 1. The maximum absolute atomic E-state index is 12.3. The summed E-state index contributed by atoms with van der Waals surface area (Å²) in [6, 6.07) is 9.81. The summed E-state index contributed by atoms with van der Waals surface area (Å²) in [5.74, 6) is 1.25. The van der Waals surface area contributed by atoms with Crippen LogP contribution in [0.4, 0.5) is 0 Å². The number of carbonyl (C=O) groups excluding carboxylic acids is 1. The van der Waals surface area contributed by atoms with Crippen molar-refractivity contribution in [2.24, 2.45) is 0 Å². The molecule has 0 aliphatic carbocycles. The van der Waals surface area contributed by atoms with Crippen LogP contribution in [-0.4, -0.2) is 42.7 Å². The summed E-state index contributed by atoms with van der Waals surface area (Å²) in [6.45, 7) is 4.38. The number of aromatic nitrogens is 1. The molecule has 0 radical (unpaired) electrons. The van der Waals surface area contributed by atoms with E-state index in [0.717, 1.165) is 24.4 Å². The Morgan fingerprint density at radius 3 is 2.83 bits per heavy atom. The zero-order valence-corrected chi connectivity index (χ0v) is 14.1. The highest BCUT2D eigenvalue weighted by molar-refractivity contribution is 5.92. The number of nitrogens with zero attached hydrogens (tertiary/aromatic N) is 2. The number of rotatable bonds is 6. The lowest BCUT2D eigenvalue weighted by Gasteiger charge is -2.28. The van der Waals surface area contributed by atoms with Crippen molar-refractivity contribution >= 4 is 5.91 Å². The summed E-state index contributed by atoms with van der Waals surface area (Å²) in [5, 5.41) is 6.75. The van der Waals surface area contributed by atoms with Crippen molar-refractivity contribution in [3.8, 4) is 5.75 Å². The van der Waals surface area contributed by atoms with Gasteiger partial charge in [0.15, 0.2) is 5.69 Å². The number of benzene rings is 1. The Morgan fingerprint density at radius 2 is 2.17 bits per heavy atom. The Morgan fingerprint density at radius 1 is 1.38 bits per heavy atom. The molecule has 1 aliphatic rings. The van der Waals surface area contributed by atoms with Gasteiger partial charge in [-0.2, -0.15) is 0 Å². The van der Waals surface area contributed by atoms with E-state index in [0.29, 0.717) is 18.0 Å². The van der Waals surface area contributed by atoms with E-state index in [-0.39, 0.29) is 11.9 Å². The highest BCUT2D eigenvalue weighted by Gasteiger charge is 2.25. The van der Waals surface area contributed by atoms with E-state index in [9.17, 15) is 4.79 Å². The van der Waals surface area contributed by atoms with Crippen LogP contribution in [0.5, 0.6) is 5.75 Å². The quantitative estimate of drug-likeness (QED) is 0.882. The number of methoxy groups -OCH3 is 1. The van der Waals surface area contributed by atoms with E-state index in [4.69, 9.17) is 9.26 Å². The zero-order chi connectivity index (χ0) is 16.9. The van der Waals surface area contributed by atoms with Crippen molar-refractivity contribution in [1.82, 2.24) is 15.4 Å². The number of carbonyl (C=O) groups is 1. The van der Waals surface area contributed by atoms with Crippen LogP contribution >= 0.6 is 0 Å². The van der Waals surface area contributed by atoms with Gasteiger partial charge in [0.05, 0.1) is 13.2 Å². The fourth-order valence-corrected chi connectivity index (χ4v) is 3.11. The Kier molecular flexibility index (Phi) is 5.15. The molecule has 6 heteroatoms. The maximum Gasteiger partial charge on any atom is 0.273 e. The highest BCUT2D eigenvalue weighted by atomic mass is 16.5. The van der Waals surface area contributed by atoms with Crippen molar-refractivity contribution in [3.63, 3.8) is 0 Å². The smallest absolute Gasteiger partial charge is 0.273 e. The van der Waals surface area contributed by atoms with E-state index < -0.39 is 0 Å². The minimum atomic E-state index is -0.209. The van der Waals surface area contributed by atoms with Crippen LogP contribution in [-0.2, 0) is 0 Å². The standard InChI is InChI=1S/C18H23N3O3/c1-13-10-16(20-24-13)18(22)19-12-17(21-8-3-4-9-21)14-6-5-7-15(11-14)23-2/h5-7,10-11,17H,3-4,8-9,12H2,1-2H3,(H,19,22). The molecule has 1 atom stereocenters. The van der Waals surface area contributed by atoms with Gasteiger partial charge in [0.2, 0.25) is 0 Å². The molecule has 128 valence electrons. The number of nitrogens with one attached hydrogen (secondary N) is 1. The fourth-order valence-electron chi connectivity index (χ4n) is 3.11. The second-order valence-corrected chi connectivity index (χ2v) is 6.07. The average molecular weight is 329 g/mol. The normalized spacial score (nSPS) is 16.1. The lowest BCUT2D eigenvalue weighted by molar-refractivity contribution is 0.0929. The van der Waals surface area contributed by atoms with Gasteiger partial charge in [0.25, 0.3) is 5.91 Å². The van der Waals surface area contributed by atoms with Crippen molar-refractivity contribution in [2.45, 2.75) is 25.8 Å². The minimum Gasteiger partial charge on any atom is -0.497 e. The first kappa shape index (κ1) is 16.5. The Labute approximate surface area is 141 Å². The van der Waals surface area contributed by atoms with E-state index >= 15 is 0 Å². The molecule has 1 aromatic heterocycles. The summed E-state index contributed by atoms with van der Waals surface area (Å²) in [4.78, 5) is 14.7. The maximum atomic E-state index is 12.3. The molecule has 1 aromatic carbocycles. The van der Waals surface area contributed by atoms with Crippen LogP contribution in [0, 0.1) is 6.92 Å². The van der Waals surface area contributed by atoms with Gasteiger partial charge in [0.1, 0.15) is 11.5 Å². The lowest BCUT2D eigenvalue weighted by atomic mass is 10.0. The minimum absolute atomic E-state index is 0.125. The number of hydrogen-bond acceptors (Lipinski definition) is 5. The van der Waals surface area contributed by atoms with Crippen LogP contribution in [0.15, 0.2) is 34.9 Å². The zero-order valence-electron chi connectivity index (χ0n) is 14.1. The van der Waals surface area contributed by atoms with Gasteiger partial charge in [-0.05, 0) is 50.6 Å². The van der Waals surface area contributed by atoms with Gasteiger partial charge in [-0.3, -0.25) is 9.69 Å². The summed E-state index contributed by atoms with van der Waals surface area (Å²) < 4.78 is 10.3. The molecular formula is C18H23N3O3. The summed E-state index contributed by atoms with van der Waals surface area (Å²) >= 11 is 0. The van der Waals surface area contributed by atoms with Gasteiger partial charge in [-0.15, -0.1) is 0 Å². The van der Waals surface area contributed by atoms with Gasteiger partial charge in [-0.1, -0.05) is 17.3 Å². The number of hydrogen-bond donors (Lipinski definition) is 1. The molecule has 1 aliphatic heterocycles. The second kappa shape index (κ2) is 7.49. The molecule has 0 saturated carbocycles. The van der Waals surface area contributed by atoms with Crippen LogP contribution < -0.4 is 10.1 Å². The van der Waals surface area contributed by atoms with Gasteiger partial charge in [-0.25, -0.2) is 0 Å². The first-order valence-electron chi connectivity index (χ1n) is 8.27. The molecule has 6 nitrogen and oxygen atoms in total. The Balaban J connectivity index is 1.73. The second-order valence-electron chi connectivity index (χ2n) is 6.07. The first-order chi connectivity index (χ1) is 11.7. The average Bonchev–Trinajstić information content (AvgIpc) is 3.27. The van der Waals surface area contributed by atoms with Crippen molar-refractivity contribution in [1.29, 1.82) is 0 Å². The van der Waals surface area contributed by atoms with Crippen LogP contribution in [0.25, 0.3) is 0 Å². The number of amides is 1. The predicted molar refractivity (Wildman–Crippen MR) is 90.1 cm³/mol. The van der Waals surface area contributed by atoms with Gasteiger partial charge >= 0.3 is 0 Å². The van der Waals surface area contributed by atoms with Gasteiger partial charge < -0.3 is 14.6 Å². The molecular weight excluding hydrogens is 306 g/mol. The third-order valence-corrected chi connectivity index (χ3v) is 4.38. The predicted octanol–water partition coefficient (Wildman–Crippen LogP) is 2.56. The van der Waals surface area contributed by atoms with Crippen LogP contribution in [0.3, 0.4) is 0 Å². The molecule has 2 aromatic rings. The van der Waals surface area contributed by atoms with E-state index in [2.05, 4.69) is 21.4 Å². The molecule has 3 rings (SSSR count). The molecule has 0 spiro atoms. The third-order valence-electron chi connectivity index (χ3n) is 4.38. The lowest BCUT2D eigenvalue weighted by Crippen LogP contribution is -2.36. The molecule has 24 heavy (non-hydrogen) atoms. The van der Waals surface area contributed by atoms with Crippen molar-refractivity contribution in [2.75, 3.05) is 26.7 Å². The largest absolute Gasteiger partial charge is 0.497 e. The highest BCUT2D eigenvalue weighted by Crippen LogP contribution is 2.27. The molecule has 0 bridgehead atoms. The number of likely N-dealkylation sites (tertiary alicyclic amines) is 1. The molecule has 1 unspecified atom stereocenters. The topological polar surface area (TPSA) is 67.6 Å².